The summed E-state index contributed by atoms with van der Waals surface area (Å²) in [7, 11) is -1.54. The Morgan fingerprint density at radius 2 is 1.08 bits per heavy atom. The first-order chi connectivity index (χ1) is 17.0. The lowest BCUT2D eigenvalue weighted by molar-refractivity contribution is -0.147. The molecule has 2 fully saturated rings. The fourth-order valence-corrected chi connectivity index (χ4v) is 10.2. The van der Waals surface area contributed by atoms with Gasteiger partial charge in [0.05, 0.1) is 5.41 Å². The predicted octanol–water partition coefficient (Wildman–Crippen LogP) is 6.75. The number of hydrogen-bond donors (Lipinski definition) is 2. The van der Waals surface area contributed by atoms with Crippen LogP contribution in [0.3, 0.4) is 0 Å². The van der Waals surface area contributed by atoms with Crippen LogP contribution < -0.4 is 0 Å². The summed E-state index contributed by atoms with van der Waals surface area (Å²) in [5.41, 5.74) is -0.687. The molecule has 2 rings (SSSR count). The molecule has 2 aliphatic heterocycles. The number of unbranched alkanes of at least 4 members (excludes halogenated alkanes) is 2. The zero-order valence-electron chi connectivity index (χ0n) is 23.5. The number of aliphatic carboxylic acids is 1. The number of hydrogen-bond acceptors (Lipinski definition) is 4. The third-order valence-electron chi connectivity index (χ3n) is 8.69. The van der Waals surface area contributed by atoms with Gasteiger partial charge >= 0.3 is 5.97 Å². The van der Waals surface area contributed by atoms with Gasteiger partial charge in [0.15, 0.2) is 0 Å². The van der Waals surface area contributed by atoms with E-state index in [2.05, 4.69) is 13.8 Å². The van der Waals surface area contributed by atoms with Gasteiger partial charge in [0, 0.05) is 49.2 Å². The minimum absolute atomic E-state index is 0.0102. The molecular weight excluding hydrogens is 492 g/mol. The average molecular weight is 547 g/mol. The molecule has 0 aliphatic carbocycles. The van der Waals surface area contributed by atoms with E-state index in [9.17, 15) is 23.4 Å². The highest BCUT2D eigenvalue weighted by atomic mass is 32.2. The Kier molecular flexibility index (Phi) is 13.6. The van der Waals surface area contributed by atoms with Gasteiger partial charge in [0.25, 0.3) is 0 Å². The van der Waals surface area contributed by atoms with E-state index in [0.29, 0.717) is 16.9 Å². The van der Waals surface area contributed by atoms with Crippen LogP contribution in [-0.2, 0) is 26.4 Å². The predicted molar refractivity (Wildman–Crippen MR) is 152 cm³/mol. The second kappa shape index (κ2) is 15.4. The summed E-state index contributed by atoms with van der Waals surface area (Å²) in [5, 5.41) is 19.9. The van der Waals surface area contributed by atoms with Crippen LogP contribution >= 0.6 is 0 Å². The van der Waals surface area contributed by atoms with E-state index in [0.717, 1.165) is 96.3 Å². The first kappa shape index (κ1) is 31.9. The molecule has 5 nitrogen and oxygen atoms in total. The second-order valence-electron chi connectivity index (χ2n) is 12.9. The van der Waals surface area contributed by atoms with Crippen molar-refractivity contribution in [2.75, 3.05) is 6.61 Å². The molecule has 6 atom stereocenters. The Hall–Kier alpha value is -0.270. The normalized spacial score (nSPS) is 29.8. The van der Waals surface area contributed by atoms with Crippen LogP contribution in [0.4, 0.5) is 0 Å². The minimum atomic E-state index is -0.795. The van der Waals surface area contributed by atoms with Crippen LogP contribution in [0.5, 0.6) is 0 Å². The first-order valence-corrected chi connectivity index (χ1v) is 17.1. The van der Waals surface area contributed by atoms with Gasteiger partial charge in [-0.15, -0.1) is 0 Å². The smallest absolute Gasteiger partial charge is 0.309 e. The van der Waals surface area contributed by atoms with E-state index in [-0.39, 0.29) is 22.5 Å². The second-order valence-corrected chi connectivity index (χ2v) is 16.9. The molecule has 0 bridgehead atoms. The molecule has 6 unspecified atom stereocenters. The molecule has 0 saturated carbocycles. The van der Waals surface area contributed by atoms with Crippen molar-refractivity contribution in [2.45, 2.75) is 158 Å². The van der Waals surface area contributed by atoms with Crippen molar-refractivity contribution >= 4 is 27.6 Å². The maximum atomic E-state index is 13.2. The quantitative estimate of drug-likeness (QED) is 0.209. The first-order valence-electron chi connectivity index (χ1n) is 14.6. The number of aliphatic hydroxyl groups is 1. The monoisotopic (exact) mass is 546 g/mol. The highest BCUT2D eigenvalue weighted by Crippen LogP contribution is 2.33. The van der Waals surface area contributed by atoms with Crippen molar-refractivity contribution in [3.05, 3.63) is 0 Å². The zero-order chi connectivity index (χ0) is 26.8. The van der Waals surface area contributed by atoms with Crippen molar-refractivity contribution in [1.29, 1.82) is 0 Å². The number of carbonyl (C=O) groups is 1. The molecule has 0 aromatic carbocycles. The molecule has 0 spiro atoms. The Morgan fingerprint density at radius 1 is 0.694 bits per heavy atom. The molecule has 0 amide bonds. The summed E-state index contributed by atoms with van der Waals surface area (Å²) in [4.78, 5) is 11.3. The summed E-state index contributed by atoms with van der Waals surface area (Å²) in [6, 6.07) is 0. The topological polar surface area (TPSA) is 91.7 Å². The van der Waals surface area contributed by atoms with Crippen LogP contribution in [0.2, 0.25) is 0 Å². The Labute approximate surface area is 225 Å². The molecule has 0 aromatic rings. The summed E-state index contributed by atoms with van der Waals surface area (Å²) in [6.45, 7) is 8.00. The van der Waals surface area contributed by atoms with Crippen molar-refractivity contribution in [2.24, 2.45) is 10.8 Å². The molecule has 0 radical (unpaired) electrons. The van der Waals surface area contributed by atoms with Gasteiger partial charge in [-0.3, -0.25) is 13.2 Å². The van der Waals surface area contributed by atoms with Gasteiger partial charge in [-0.05, 0) is 83.5 Å². The third-order valence-corrected chi connectivity index (χ3v) is 13.2. The van der Waals surface area contributed by atoms with Gasteiger partial charge in [0.1, 0.15) is 0 Å². The van der Waals surface area contributed by atoms with Crippen LogP contribution in [-0.4, -0.2) is 52.2 Å². The van der Waals surface area contributed by atoms with Crippen molar-refractivity contribution in [3.63, 3.8) is 0 Å². The number of carboxylic acids is 1. The van der Waals surface area contributed by atoms with E-state index >= 15 is 0 Å². The summed E-state index contributed by atoms with van der Waals surface area (Å²) >= 11 is 0. The molecule has 0 aromatic heterocycles. The lowest BCUT2D eigenvalue weighted by Crippen LogP contribution is -2.33. The maximum absolute atomic E-state index is 13.2. The van der Waals surface area contributed by atoms with E-state index < -0.39 is 33.0 Å². The Balaban J connectivity index is 1.69. The molecule has 2 aliphatic rings. The maximum Gasteiger partial charge on any atom is 0.309 e. The molecular formula is C29H54O5S2. The average Bonchev–Trinajstić information content (AvgIpc) is 2.83. The van der Waals surface area contributed by atoms with Crippen molar-refractivity contribution < 1.29 is 23.4 Å². The fourth-order valence-electron chi connectivity index (χ4n) is 5.87. The molecule has 212 valence electrons. The van der Waals surface area contributed by atoms with Crippen LogP contribution in [0.25, 0.3) is 0 Å². The van der Waals surface area contributed by atoms with Gasteiger partial charge in [-0.1, -0.05) is 58.8 Å². The SMILES string of the molecule is CC(C)(CO)CCCCC1CCCC(CCCC2CCCC(CCCCC(C)(C)C(=O)O)S2=O)S1=O. The molecule has 2 heterocycles. The Morgan fingerprint density at radius 3 is 1.47 bits per heavy atom. The zero-order valence-corrected chi connectivity index (χ0v) is 25.1. The minimum Gasteiger partial charge on any atom is -0.481 e. The van der Waals surface area contributed by atoms with Gasteiger partial charge in [-0.25, -0.2) is 0 Å². The van der Waals surface area contributed by atoms with Crippen molar-refractivity contribution in [1.82, 2.24) is 0 Å². The van der Waals surface area contributed by atoms with Crippen molar-refractivity contribution in [3.8, 4) is 0 Å². The van der Waals surface area contributed by atoms with Crippen LogP contribution in [0.15, 0.2) is 0 Å². The van der Waals surface area contributed by atoms with Gasteiger partial charge in [-0.2, -0.15) is 0 Å². The summed E-state index contributed by atoms with van der Waals surface area (Å²) in [5.74, 6) is -0.740. The van der Waals surface area contributed by atoms with Crippen LogP contribution in [0.1, 0.15) is 137 Å². The summed E-state index contributed by atoms with van der Waals surface area (Å²) in [6.07, 6.45) is 17.3. The standard InChI is InChI=1S/C29H54O5S2/c1-28(2,22-30)20-7-5-12-23-14-9-16-25(35(23)33)18-11-19-26-17-10-15-24(36(26)34)13-6-8-21-29(3,4)27(31)32/h23-26,30H,5-22H2,1-4H3,(H,31,32). The molecule has 36 heavy (non-hydrogen) atoms. The lowest BCUT2D eigenvalue weighted by Gasteiger charge is -2.31. The Bertz CT molecular complexity index is 720. The highest BCUT2D eigenvalue weighted by Gasteiger charge is 2.32. The van der Waals surface area contributed by atoms with Crippen LogP contribution in [0, 0.1) is 10.8 Å². The third kappa shape index (κ3) is 10.5. The number of carboxylic acid groups (broad SMARTS) is 1. The van der Waals surface area contributed by atoms with E-state index in [4.69, 9.17) is 0 Å². The fraction of sp³-hybridized carbons (Fsp3) is 0.966. The molecule has 2 saturated heterocycles. The molecule has 7 heteroatoms. The number of rotatable bonds is 16. The largest absolute Gasteiger partial charge is 0.481 e. The lowest BCUT2D eigenvalue weighted by atomic mass is 9.87. The van der Waals surface area contributed by atoms with Gasteiger partial charge < -0.3 is 10.2 Å². The summed E-state index contributed by atoms with van der Waals surface area (Å²) < 4.78 is 26.4. The number of aliphatic hydroxyl groups excluding tert-OH is 1. The van der Waals surface area contributed by atoms with Gasteiger partial charge in [0.2, 0.25) is 0 Å². The van der Waals surface area contributed by atoms with E-state index in [1.165, 1.54) is 6.42 Å². The molecule has 2 N–H and O–H groups in total. The van der Waals surface area contributed by atoms with E-state index in [1.807, 2.05) is 0 Å². The van der Waals surface area contributed by atoms with E-state index in [1.54, 1.807) is 13.8 Å². The highest BCUT2D eigenvalue weighted by molar-refractivity contribution is 7.86.